The van der Waals surface area contributed by atoms with Crippen molar-refractivity contribution in [2.24, 2.45) is 5.92 Å². The third kappa shape index (κ3) is 8.68. The molecule has 1 saturated carbocycles. The maximum atomic E-state index is 14.4. The first kappa shape index (κ1) is 35.6. The number of amides is 3. The number of ether oxygens (including phenoxy) is 2. The van der Waals surface area contributed by atoms with Crippen molar-refractivity contribution in [1.82, 2.24) is 25.6 Å². The normalized spacial score (nSPS) is 15.1. The highest BCUT2D eigenvalue weighted by Crippen LogP contribution is 2.40. The van der Waals surface area contributed by atoms with E-state index in [1.54, 1.807) is 44.2 Å². The van der Waals surface area contributed by atoms with Gasteiger partial charge in [-0.15, -0.1) is 0 Å². The number of anilines is 1. The van der Waals surface area contributed by atoms with Crippen LogP contribution in [-0.2, 0) is 15.9 Å². The van der Waals surface area contributed by atoms with Crippen LogP contribution in [0, 0.1) is 5.92 Å². The molecule has 0 bridgehead atoms. The number of carbonyl (C=O) groups excluding carboxylic acids is 2. The summed E-state index contributed by atoms with van der Waals surface area (Å²) < 4.78 is 26.1. The average Bonchev–Trinajstić information content (AvgIpc) is 3.88. The van der Waals surface area contributed by atoms with Crippen LogP contribution >= 0.6 is 19.2 Å². The second kappa shape index (κ2) is 14.8. The highest BCUT2D eigenvalue weighted by atomic mass is 35.5. The van der Waals surface area contributed by atoms with E-state index in [9.17, 15) is 24.1 Å². The van der Waals surface area contributed by atoms with Crippen LogP contribution in [0.4, 0.5) is 10.5 Å². The lowest BCUT2D eigenvalue weighted by Gasteiger charge is -2.35. The number of urea groups is 1. The summed E-state index contributed by atoms with van der Waals surface area (Å²) >= 11 is 6.45. The number of halogens is 1. The zero-order valence-corrected chi connectivity index (χ0v) is 29.0. The number of aromatic nitrogens is 1. The molecule has 0 saturated heterocycles. The lowest BCUT2D eigenvalue weighted by Crippen LogP contribution is -2.55. The van der Waals surface area contributed by atoms with Gasteiger partial charge in [0.25, 0.3) is 5.91 Å². The first-order valence-corrected chi connectivity index (χ1v) is 17.6. The maximum absolute atomic E-state index is 14.4. The van der Waals surface area contributed by atoms with Crippen LogP contribution in [0.5, 0.6) is 17.2 Å². The van der Waals surface area contributed by atoms with Gasteiger partial charge in [-0.1, -0.05) is 55.8 Å². The fourth-order valence-electron chi connectivity index (χ4n) is 4.80. The number of carbonyl (C=O) groups is 3. The van der Waals surface area contributed by atoms with Crippen LogP contribution in [0.3, 0.4) is 0 Å². The summed E-state index contributed by atoms with van der Waals surface area (Å²) in [5.74, 6) is -1.73. The molecule has 5 rings (SSSR count). The van der Waals surface area contributed by atoms with Crippen LogP contribution < -0.4 is 35.4 Å². The molecule has 258 valence electrons. The maximum Gasteiger partial charge on any atom is 0.324 e. The van der Waals surface area contributed by atoms with Gasteiger partial charge in [0.2, 0.25) is 0 Å². The number of benzene rings is 3. The minimum absolute atomic E-state index is 0.00258. The minimum atomic E-state index is -4.15. The Balaban J connectivity index is 1.44. The van der Waals surface area contributed by atoms with E-state index in [4.69, 9.17) is 21.1 Å². The molecule has 3 amide bonds. The van der Waals surface area contributed by atoms with Crippen molar-refractivity contribution >= 4 is 53.7 Å². The Hall–Kier alpha value is -4.68. The number of aliphatic carboxylic acids is 1. The summed E-state index contributed by atoms with van der Waals surface area (Å²) in [5, 5.41) is 24.4. The molecule has 4 aromatic rings. The monoisotopic (exact) mass is 708 g/mol. The van der Waals surface area contributed by atoms with Crippen molar-refractivity contribution in [1.29, 1.82) is 0 Å². The number of hydrogen-bond donors (Lipinski definition) is 6. The topological polar surface area (TPSA) is 180 Å². The van der Waals surface area contributed by atoms with Crippen molar-refractivity contribution in [3.8, 4) is 17.2 Å². The van der Waals surface area contributed by atoms with Crippen molar-refractivity contribution in [3.05, 3.63) is 89.1 Å². The minimum Gasteiger partial charge on any atom is -0.496 e. The predicted molar refractivity (Wildman–Crippen MR) is 187 cm³/mol. The highest BCUT2D eigenvalue weighted by Gasteiger charge is 2.43. The average molecular weight is 709 g/mol. The van der Waals surface area contributed by atoms with Crippen LogP contribution in [-0.4, -0.2) is 46.7 Å². The number of carboxylic acid groups (broad SMARTS) is 1. The molecule has 3 aromatic carbocycles. The predicted octanol–water partition coefficient (Wildman–Crippen LogP) is 6.69. The van der Waals surface area contributed by atoms with Gasteiger partial charge in [0.05, 0.1) is 28.9 Å². The number of hydrogen-bond acceptors (Lipinski definition) is 7. The van der Waals surface area contributed by atoms with E-state index >= 15 is 0 Å². The van der Waals surface area contributed by atoms with Gasteiger partial charge >= 0.3 is 19.6 Å². The highest BCUT2D eigenvalue weighted by molar-refractivity contribution is 7.58. The van der Waals surface area contributed by atoms with E-state index in [1.165, 1.54) is 26.3 Å². The van der Waals surface area contributed by atoms with Gasteiger partial charge in [0.15, 0.2) is 0 Å². The Morgan fingerprint density at radius 3 is 2.43 bits per heavy atom. The summed E-state index contributed by atoms with van der Waals surface area (Å²) in [6, 6.07) is 18.4. The van der Waals surface area contributed by atoms with Crippen molar-refractivity contribution in [2.45, 2.75) is 51.7 Å². The Morgan fingerprint density at radius 1 is 1.06 bits per heavy atom. The molecular weight excluding hydrogens is 671 g/mol. The summed E-state index contributed by atoms with van der Waals surface area (Å²) in [5.41, 5.74) is -0.0584. The number of nitrogens with zero attached hydrogens (tertiary/aromatic N) is 1. The van der Waals surface area contributed by atoms with Gasteiger partial charge in [-0.05, 0) is 55.5 Å². The number of pyridine rings is 1. The SMILES string of the molecule is COc1cc2nccc(Oc3ccc(NC(=O)NC4CC4)c(Cl)c3)c2cc1C(=O)NP(=O)(NCc1ccccc1)NC(C)(C(=O)O)C(C)C. The van der Waals surface area contributed by atoms with Crippen molar-refractivity contribution in [2.75, 3.05) is 12.4 Å². The van der Waals surface area contributed by atoms with E-state index in [-0.39, 0.29) is 35.0 Å². The van der Waals surface area contributed by atoms with Gasteiger partial charge in [-0.2, -0.15) is 0 Å². The first-order valence-electron chi connectivity index (χ1n) is 15.6. The van der Waals surface area contributed by atoms with Crippen LogP contribution in [0.2, 0.25) is 5.02 Å². The lowest BCUT2D eigenvalue weighted by molar-refractivity contribution is -0.145. The third-order valence-corrected chi connectivity index (χ3v) is 10.4. The number of nitrogens with one attached hydrogen (secondary N) is 5. The van der Waals surface area contributed by atoms with E-state index in [1.807, 2.05) is 30.3 Å². The second-order valence-electron chi connectivity index (χ2n) is 12.1. The molecule has 13 nitrogen and oxygen atoms in total. The fourth-order valence-corrected chi connectivity index (χ4v) is 7.05. The summed E-state index contributed by atoms with van der Waals surface area (Å²) in [6.45, 7) is 4.83. The molecule has 1 fully saturated rings. The zero-order valence-electron chi connectivity index (χ0n) is 27.4. The summed E-state index contributed by atoms with van der Waals surface area (Å²) in [6.07, 6.45) is 3.43. The van der Waals surface area contributed by atoms with Gasteiger partial charge in [-0.3, -0.25) is 24.2 Å². The Bertz CT molecular complexity index is 1920. The van der Waals surface area contributed by atoms with Crippen LogP contribution in [0.1, 0.15) is 49.5 Å². The molecule has 2 atom stereocenters. The van der Waals surface area contributed by atoms with E-state index < -0.39 is 30.9 Å². The van der Waals surface area contributed by atoms with E-state index in [0.717, 1.165) is 18.4 Å². The molecule has 49 heavy (non-hydrogen) atoms. The zero-order chi connectivity index (χ0) is 35.3. The molecule has 1 aliphatic carbocycles. The number of methoxy groups -OCH3 is 1. The van der Waals surface area contributed by atoms with Gasteiger partial charge in [0, 0.05) is 36.3 Å². The molecule has 1 aromatic heterocycles. The molecule has 2 unspecified atom stereocenters. The standard InChI is InChI=1S/C34H38ClN6O7P/c1-20(2)34(3,32(43)44)41-49(46,37-19-21-8-6-5-7-9-21)40-31(42)25-17-24-28(18-30(25)47-4)36-15-14-29(24)48-23-12-13-27(26(35)16-23)39-33(45)38-22-10-11-22/h5-9,12-18,20,22H,10-11,19H2,1-4H3,(H,43,44)(H2,38,39,45)(H3,37,40,41,42,46). The largest absolute Gasteiger partial charge is 0.496 e. The van der Waals surface area contributed by atoms with Gasteiger partial charge in [-0.25, -0.2) is 15.0 Å². The number of carboxylic acids is 1. The Kier molecular flexibility index (Phi) is 10.8. The third-order valence-electron chi connectivity index (χ3n) is 8.19. The molecule has 1 heterocycles. The lowest BCUT2D eigenvalue weighted by atomic mass is 9.90. The molecule has 15 heteroatoms. The number of rotatable bonds is 14. The van der Waals surface area contributed by atoms with Crippen LogP contribution in [0.25, 0.3) is 10.9 Å². The second-order valence-corrected chi connectivity index (χ2v) is 14.5. The quantitative estimate of drug-likeness (QED) is 0.0773. The van der Waals surface area contributed by atoms with E-state index in [0.29, 0.717) is 28.1 Å². The molecule has 6 N–H and O–H groups in total. The van der Waals surface area contributed by atoms with Crippen molar-refractivity contribution in [3.63, 3.8) is 0 Å². The first-order chi connectivity index (χ1) is 23.3. The van der Waals surface area contributed by atoms with Crippen LogP contribution in [0.15, 0.2) is 72.9 Å². The molecule has 0 aliphatic heterocycles. The molecule has 0 radical (unpaired) electrons. The fraction of sp³-hybridized carbons (Fsp3) is 0.294. The van der Waals surface area contributed by atoms with Gasteiger partial charge in [0.1, 0.15) is 22.8 Å². The number of fused-ring (bicyclic) bond motifs is 1. The van der Waals surface area contributed by atoms with Crippen molar-refractivity contribution < 1.29 is 33.5 Å². The Labute approximate surface area is 288 Å². The van der Waals surface area contributed by atoms with E-state index in [2.05, 4.69) is 30.9 Å². The van der Waals surface area contributed by atoms with Gasteiger partial charge < -0.3 is 25.2 Å². The molecule has 0 spiro atoms. The molecule has 1 aliphatic rings. The summed E-state index contributed by atoms with van der Waals surface area (Å²) in [7, 11) is -2.77. The molecular formula is C34H38ClN6O7P. The summed E-state index contributed by atoms with van der Waals surface area (Å²) in [4.78, 5) is 42.8. The Morgan fingerprint density at radius 2 is 1.80 bits per heavy atom. The smallest absolute Gasteiger partial charge is 0.324 e.